The highest BCUT2D eigenvalue weighted by atomic mass is 16.5. The molecule has 1 unspecified atom stereocenters. The van der Waals surface area contributed by atoms with E-state index in [9.17, 15) is 9.90 Å². The number of rotatable bonds is 15. The molecule has 2 heterocycles. The quantitative estimate of drug-likeness (QED) is 0.234. The van der Waals surface area contributed by atoms with Crippen molar-refractivity contribution < 1.29 is 14.6 Å². The van der Waals surface area contributed by atoms with Crippen molar-refractivity contribution in [2.45, 2.75) is 76.9 Å². The lowest BCUT2D eigenvalue weighted by atomic mass is 9.91. The Hall–Kier alpha value is -2.48. The van der Waals surface area contributed by atoms with Gasteiger partial charge in [0.2, 0.25) is 0 Å². The Labute approximate surface area is 223 Å². The number of aromatic nitrogens is 1. The van der Waals surface area contributed by atoms with E-state index in [2.05, 4.69) is 46.5 Å². The van der Waals surface area contributed by atoms with Crippen LogP contribution < -0.4 is 10.6 Å². The Balaban J connectivity index is 1.55. The predicted molar refractivity (Wildman–Crippen MR) is 150 cm³/mol. The summed E-state index contributed by atoms with van der Waals surface area (Å²) in [6.07, 6.45) is 17.4. The van der Waals surface area contributed by atoms with Gasteiger partial charge in [0.15, 0.2) is 0 Å². The third-order valence-electron chi connectivity index (χ3n) is 7.66. The van der Waals surface area contributed by atoms with E-state index in [1.807, 2.05) is 12.1 Å². The lowest BCUT2D eigenvalue weighted by molar-refractivity contribution is -0.113. The highest BCUT2D eigenvalue weighted by molar-refractivity contribution is 5.70. The fraction of sp³-hybridized carbons (Fsp3) is 0.600. The molecule has 0 saturated carbocycles. The lowest BCUT2D eigenvalue weighted by Gasteiger charge is -2.32. The van der Waals surface area contributed by atoms with Crippen LogP contribution in [0.3, 0.4) is 0 Å². The normalized spacial score (nSPS) is 18.5. The Kier molecular flexibility index (Phi) is 11.8. The van der Waals surface area contributed by atoms with E-state index in [0.717, 1.165) is 63.7 Å². The SMILES string of the molecule is CO[C@H](C)CN(CCCCC1=C(C)CCC2=C(C=C1)CCCN2)CCC(C=O)(CO)Nc1cccnc1. The van der Waals surface area contributed by atoms with Crippen molar-refractivity contribution in [2.75, 3.05) is 45.2 Å². The summed E-state index contributed by atoms with van der Waals surface area (Å²) in [5, 5.41) is 16.9. The van der Waals surface area contributed by atoms with Crippen molar-refractivity contribution in [2.24, 2.45) is 0 Å². The molecule has 1 aliphatic heterocycles. The van der Waals surface area contributed by atoms with Crippen molar-refractivity contribution in [1.82, 2.24) is 15.2 Å². The highest BCUT2D eigenvalue weighted by Gasteiger charge is 2.30. The number of nitrogens with zero attached hydrogens (tertiary/aromatic N) is 2. The van der Waals surface area contributed by atoms with Gasteiger partial charge in [-0.3, -0.25) is 4.98 Å². The number of methoxy groups -OCH3 is 1. The van der Waals surface area contributed by atoms with E-state index in [1.165, 1.54) is 35.3 Å². The molecule has 0 aromatic carbocycles. The van der Waals surface area contributed by atoms with Crippen molar-refractivity contribution >= 4 is 12.0 Å². The average Bonchev–Trinajstić information content (AvgIpc) is 2.93. The van der Waals surface area contributed by atoms with Gasteiger partial charge in [0, 0.05) is 44.8 Å². The molecular weight excluding hydrogens is 464 g/mol. The molecule has 0 saturated heterocycles. The smallest absolute Gasteiger partial charge is 0.147 e. The van der Waals surface area contributed by atoms with Crippen LogP contribution in [0.25, 0.3) is 0 Å². The van der Waals surface area contributed by atoms with Crippen LogP contribution in [0.5, 0.6) is 0 Å². The molecule has 1 aromatic rings. The maximum Gasteiger partial charge on any atom is 0.147 e. The van der Waals surface area contributed by atoms with Gasteiger partial charge in [-0.15, -0.1) is 0 Å². The molecule has 0 bridgehead atoms. The Morgan fingerprint density at radius 3 is 2.86 bits per heavy atom. The van der Waals surface area contributed by atoms with Gasteiger partial charge < -0.3 is 30.2 Å². The number of carbonyl (C=O) groups excluding carboxylic acids is 1. The van der Waals surface area contributed by atoms with E-state index in [0.29, 0.717) is 13.0 Å². The maximum absolute atomic E-state index is 12.1. The molecule has 0 spiro atoms. The van der Waals surface area contributed by atoms with Gasteiger partial charge in [-0.25, -0.2) is 0 Å². The first-order chi connectivity index (χ1) is 18.0. The van der Waals surface area contributed by atoms with Crippen LogP contribution in [0.4, 0.5) is 5.69 Å². The number of aliphatic hydroxyl groups is 1. The topological polar surface area (TPSA) is 86.7 Å². The van der Waals surface area contributed by atoms with Gasteiger partial charge in [0.1, 0.15) is 11.8 Å². The fourth-order valence-corrected chi connectivity index (χ4v) is 5.10. The number of anilines is 1. The van der Waals surface area contributed by atoms with Crippen molar-refractivity contribution in [3.8, 4) is 0 Å². The van der Waals surface area contributed by atoms with E-state index in [4.69, 9.17) is 4.74 Å². The largest absolute Gasteiger partial charge is 0.393 e. The molecule has 0 radical (unpaired) electrons. The molecule has 1 aromatic heterocycles. The number of unbranched alkanes of at least 4 members (excludes halogenated alkanes) is 1. The van der Waals surface area contributed by atoms with Crippen LogP contribution >= 0.6 is 0 Å². The first-order valence-corrected chi connectivity index (χ1v) is 13.8. The van der Waals surface area contributed by atoms with E-state index in [1.54, 1.807) is 19.5 Å². The first kappa shape index (κ1) is 29.1. The number of nitrogens with one attached hydrogen (secondary N) is 2. The Morgan fingerprint density at radius 1 is 1.27 bits per heavy atom. The average molecular weight is 511 g/mol. The van der Waals surface area contributed by atoms with Crippen LogP contribution in [-0.4, -0.2) is 72.8 Å². The molecule has 7 heteroatoms. The lowest BCUT2D eigenvalue weighted by Crippen LogP contribution is -2.47. The second-order valence-corrected chi connectivity index (χ2v) is 10.5. The zero-order valence-electron chi connectivity index (χ0n) is 23.0. The van der Waals surface area contributed by atoms with Crippen molar-refractivity contribution in [3.63, 3.8) is 0 Å². The van der Waals surface area contributed by atoms with Crippen LogP contribution in [0.1, 0.15) is 65.2 Å². The molecule has 2 atom stereocenters. The number of aldehydes is 1. The summed E-state index contributed by atoms with van der Waals surface area (Å²) in [5.74, 6) is 0. The molecule has 1 aliphatic carbocycles. The maximum atomic E-state index is 12.1. The van der Waals surface area contributed by atoms with Crippen LogP contribution in [0.15, 0.2) is 59.1 Å². The van der Waals surface area contributed by atoms with Crippen LogP contribution in [0.2, 0.25) is 0 Å². The summed E-state index contributed by atoms with van der Waals surface area (Å²) in [6, 6.07) is 3.67. The predicted octanol–water partition coefficient (Wildman–Crippen LogP) is 4.62. The number of hydrogen-bond acceptors (Lipinski definition) is 7. The molecule has 37 heavy (non-hydrogen) atoms. The number of ether oxygens (including phenoxy) is 1. The van der Waals surface area contributed by atoms with Gasteiger partial charge >= 0.3 is 0 Å². The number of hydrogen-bond donors (Lipinski definition) is 3. The molecule has 7 nitrogen and oxygen atoms in total. The van der Waals surface area contributed by atoms with Crippen molar-refractivity contribution in [1.29, 1.82) is 0 Å². The molecular formula is C30H46N4O3. The first-order valence-electron chi connectivity index (χ1n) is 13.8. The number of allylic oxidation sites excluding steroid dienone is 6. The minimum Gasteiger partial charge on any atom is -0.393 e. The third-order valence-corrected chi connectivity index (χ3v) is 7.66. The summed E-state index contributed by atoms with van der Waals surface area (Å²) >= 11 is 0. The summed E-state index contributed by atoms with van der Waals surface area (Å²) in [4.78, 5) is 18.5. The number of carbonyl (C=O) groups is 1. The van der Waals surface area contributed by atoms with E-state index in [-0.39, 0.29) is 12.7 Å². The second-order valence-electron chi connectivity index (χ2n) is 10.5. The fourth-order valence-electron chi connectivity index (χ4n) is 5.10. The van der Waals surface area contributed by atoms with Gasteiger partial charge in [-0.2, -0.15) is 0 Å². The van der Waals surface area contributed by atoms with Gasteiger partial charge in [0.25, 0.3) is 0 Å². The summed E-state index contributed by atoms with van der Waals surface area (Å²) in [6.45, 7) is 7.58. The van der Waals surface area contributed by atoms with Gasteiger partial charge in [-0.1, -0.05) is 17.7 Å². The van der Waals surface area contributed by atoms with Gasteiger partial charge in [0.05, 0.1) is 18.4 Å². The summed E-state index contributed by atoms with van der Waals surface area (Å²) < 4.78 is 5.54. The Bertz CT molecular complexity index is 943. The molecule has 0 fully saturated rings. The standard InChI is InChI=1S/C30H46N4O3/c1-24-11-14-29-27(9-6-17-32-29)13-12-26(24)8-4-5-18-34(21-25(2)37-3)19-15-30(22-35,23-36)33-28-10-7-16-31-20-28/h7,10,12-13,16,20,22,25,32-33,36H,4-6,8-9,11,14-15,17-19,21,23H2,1-3H3/t25-,30?/m1/s1. The van der Waals surface area contributed by atoms with E-state index >= 15 is 0 Å². The molecule has 3 N–H and O–H groups in total. The van der Waals surface area contributed by atoms with E-state index < -0.39 is 5.54 Å². The Morgan fingerprint density at radius 2 is 2.14 bits per heavy atom. The monoisotopic (exact) mass is 510 g/mol. The second kappa shape index (κ2) is 15.1. The van der Waals surface area contributed by atoms with Gasteiger partial charge in [-0.05, 0) is 95.0 Å². The molecule has 204 valence electrons. The number of aliphatic hydroxyl groups excluding tert-OH is 1. The zero-order chi connectivity index (χ0) is 26.5. The number of pyridine rings is 1. The zero-order valence-corrected chi connectivity index (χ0v) is 23.0. The third kappa shape index (κ3) is 9.09. The molecule has 0 amide bonds. The minimum absolute atomic E-state index is 0.0936. The van der Waals surface area contributed by atoms with Crippen molar-refractivity contribution in [3.05, 3.63) is 59.1 Å². The molecule has 3 rings (SSSR count). The molecule has 2 aliphatic rings. The summed E-state index contributed by atoms with van der Waals surface area (Å²) in [5.41, 5.74) is 5.60. The van der Waals surface area contributed by atoms with Crippen LogP contribution in [0, 0.1) is 0 Å². The highest BCUT2D eigenvalue weighted by Crippen LogP contribution is 2.28. The van der Waals surface area contributed by atoms with Crippen LogP contribution in [-0.2, 0) is 9.53 Å². The minimum atomic E-state index is -1.04. The summed E-state index contributed by atoms with van der Waals surface area (Å²) in [7, 11) is 1.73.